The van der Waals surface area contributed by atoms with E-state index in [9.17, 15) is 4.39 Å². The van der Waals surface area contributed by atoms with Gasteiger partial charge in [0.2, 0.25) is 0 Å². The molecule has 2 heterocycles. The fraction of sp³-hybridized carbons (Fsp3) is 0.300. The van der Waals surface area contributed by atoms with Gasteiger partial charge in [-0.25, -0.2) is 9.37 Å². The van der Waals surface area contributed by atoms with Gasteiger partial charge >= 0.3 is 0 Å². The lowest BCUT2D eigenvalue weighted by Gasteiger charge is -2.06. The van der Waals surface area contributed by atoms with Crippen LogP contribution < -0.4 is 0 Å². The first-order chi connectivity index (χ1) is 6.20. The molecule has 68 valence electrons. The molecule has 2 nitrogen and oxygen atoms in total. The molecule has 13 heavy (non-hydrogen) atoms. The molecule has 0 amide bonds. The highest BCUT2D eigenvalue weighted by Gasteiger charge is 2.10. The Morgan fingerprint density at radius 3 is 2.85 bits per heavy atom. The highest BCUT2D eigenvalue weighted by Crippen LogP contribution is 2.20. The maximum absolute atomic E-state index is 13.7. The van der Waals surface area contributed by atoms with Gasteiger partial charge in [-0.3, -0.25) is 0 Å². The monoisotopic (exact) mass is 178 g/mol. The van der Waals surface area contributed by atoms with Crippen molar-refractivity contribution in [1.82, 2.24) is 9.38 Å². The molecule has 0 unspecified atom stereocenters. The van der Waals surface area contributed by atoms with Crippen LogP contribution in [0.1, 0.15) is 25.3 Å². The predicted octanol–water partition coefficient (Wildman–Crippen LogP) is 2.60. The minimum atomic E-state index is -0.206. The molecule has 2 aromatic rings. The number of pyridine rings is 1. The Labute approximate surface area is 76.0 Å². The molecule has 0 spiro atoms. The molecule has 0 aliphatic heterocycles. The molecular formula is C10H11FN2. The van der Waals surface area contributed by atoms with Crippen LogP contribution in [0.15, 0.2) is 24.7 Å². The molecule has 0 fully saturated rings. The summed E-state index contributed by atoms with van der Waals surface area (Å²) in [6.07, 6.45) is 5.17. The van der Waals surface area contributed by atoms with Crippen molar-refractivity contribution in [2.75, 3.05) is 0 Å². The van der Waals surface area contributed by atoms with Crippen molar-refractivity contribution >= 4 is 5.65 Å². The maximum atomic E-state index is 13.7. The minimum Gasteiger partial charge on any atom is -0.305 e. The second-order valence-electron chi connectivity index (χ2n) is 3.40. The van der Waals surface area contributed by atoms with E-state index >= 15 is 0 Å². The zero-order valence-corrected chi connectivity index (χ0v) is 7.66. The summed E-state index contributed by atoms with van der Waals surface area (Å²) in [5.41, 5.74) is 1.13. The van der Waals surface area contributed by atoms with Crippen molar-refractivity contribution in [3.05, 3.63) is 36.0 Å². The van der Waals surface area contributed by atoms with Crippen LogP contribution in [0.3, 0.4) is 0 Å². The number of imidazole rings is 1. The van der Waals surface area contributed by atoms with E-state index in [0.29, 0.717) is 5.65 Å². The highest BCUT2D eigenvalue weighted by atomic mass is 19.1. The predicted molar refractivity (Wildman–Crippen MR) is 49.2 cm³/mol. The van der Waals surface area contributed by atoms with Crippen molar-refractivity contribution in [2.45, 2.75) is 19.8 Å². The topological polar surface area (TPSA) is 17.3 Å². The van der Waals surface area contributed by atoms with Crippen molar-refractivity contribution in [1.29, 1.82) is 0 Å². The number of hydrogen-bond acceptors (Lipinski definition) is 1. The van der Waals surface area contributed by atoms with E-state index in [1.807, 2.05) is 20.0 Å². The van der Waals surface area contributed by atoms with Crippen LogP contribution in [0.4, 0.5) is 4.39 Å². The molecule has 0 N–H and O–H groups in total. The van der Waals surface area contributed by atoms with Crippen molar-refractivity contribution in [2.24, 2.45) is 0 Å². The van der Waals surface area contributed by atoms with Crippen molar-refractivity contribution < 1.29 is 4.39 Å². The molecule has 0 aliphatic carbocycles. The lowest BCUT2D eigenvalue weighted by molar-refractivity contribution is 0.600. The average Bonchev–Trinajstić information content (AvgIpc) is 2.52. The Bertz CT molecular complexity index is 431. The van der Waals surface area contributed by atoms with E-state index in [1.54, 1.807) is 22.9 Å². The highest BCUT2D eigenvalue weighted by molar-refractivity contribution is 5.44. The first-order valence-electron chi connectivity index (χ1n) is 4.31. The van der Waals surface area contributed by atoms with E-state index in [-0.39, 0.29) is 11.7 Å². The third kappa shape index (κ3) is 1.20. The zero-order chi connectivity index (χ0) is 9.42. The molecule has 0 radical (unpaired) electrons. The summed E-state index contributed by atoms with van der Waals surface area (Å²) in [7, 11) is 0. The molecular weight excluding hydrogens is 167 g/mol. The van der Waals surface area contributed by atoms with Crippen LogP contribution in [0.5, 0.6) is 0 Å². The molecule has 0 atom stereocenters. The van der Waals surface area contributed by atoms with Gasteiger partial charge in [-0.1, -0.05) is 13.8 Å². The van der Waals surface area contributed by atoms with Crippen LogP contribution >= 0.6 is 0 Å². The third-order valence-electron chi connectivity index (χ3n) is 2.16. The number of halogens is 1. The van der Waals surface area contributed by atoms with Gasteiger partial charge in [0.15, 0.2) is 11.5 Å². The molecule has 0 aliphatic rings. The van der Waals surface area contributed by atoms with E-state index in [0.717, 1.165) is 5.56 Å². The minimum absolute atomic E-state index is 0.196. The Hall–Kier alpha value is -1.38. The summed E-state index contributed by atoms with van der Waals surface area (Å²) in [6, 6.07) is 1.80. The summed E-state index contributed by atoms with van der Waals surface area (Å²) in [6.45, 7) is 3.94. The summed E-state index contributed by atoms with van der Waals surface area (Å²) in [5.74, 6) is -0.0100. The summed E-state index contributed by atoms with van der Waals surface area (Å²) in [4.78, 5) is 3.95. The number of nitrogens with zero attached hydrogens (tertiary/aromatic N) is 2. The fourth-order valence-electron chi connectivity index (χ4n) is 1.41. The molecule has 0 bridgehead atoms. The average molecular weight is 178 g/mol. The van der Waals surface area contributed by atoms with Gasteiger partial charge in [0.1, 0.15) is 0 Å². The normalized spacial score (nSPS) is 11.4. The van der Waals surface area contributed by atoms with Gasteiger partial charge in [-0.05, 0) is 17.5 Å². The molecule has 2 rings (SSSR count). The van der Waals surface area contributed by atoms with Crippen LogP contribution in [0.25, 0.3) is 5.65 Å². The fourth-order valence-corrected chi connectivity index (χ4v) is 1.41. The Morgan fingerprint density at radius 2 is 2.15 bits per heavy atom. The van der Waals surface area contributed by atoms with Crippen molar-refractivity contribution in [3.8, 4) is 0 Å². The molecule has 0 saturated heterocycles. The van der Waals surface area contributed by atoms with Gasteiger partial charge in [0.05, 0.1) is 0 Å². The number of aromatic nitrogens is 2. The van der Waals surface area contributed by atoms with E-state index in [1.165, 1.54) is 0 Å². The SMILES string of the molecule is CC(C)c1ccn2ccnc2c1F. The van der Waals surface area contributed by atoms with Crippen molar-refractivity contribution in [3.63, 3.8) is 0 Å². The third-order valence-corrected chi connectivity index (χ3v) is 2.16. The van der Waals surface area contributed by atoms with Crippen LogP contribution in [0, 0.1) is 5.82 Å². The second kappa shape index (κ2) is 2.83. The van der Waals surface area contributed by atoms with Crippen LogP contribution in [-0.4, -0.2) is 9.38 Å². The van der Waals surface area contributed by atoms with E-state index in [2.05, 4.69) is 4.98 Å². The zero-order valence-electron chi connectivity index (χ0n) is 7.66. The standard InChI is InChI=1S/C10H11FN2/c1-7(2)8-3-5-13-6-4-12-10(13)9(8)11/h3-7H,1-2H3. The summed E-state index contributed by atoms with van der Waals surface area (Å²) < 4.78 is 15.4. The molecule has 3 heteroatoms. The second-order valence-corrected chi connectivity index (χ2v) is 3.40. The van der Waals surface area contributed by atoms with Gasteiger partial charge < -0.3 is 4.40 Å². The van der Waals surface area contributed by atoms with Gasteiger partial charge in [0.25, 0.3) is 0 Å². The van der Waals surface area contributed by atoms with E-state index in [4.69, 9.17) is 0 Å². The maximum Gasteiger partial charge on any atom is 0.173 e. The van der Waals surface area contributed by atoms with Gasteiger partial charge in [-0.2, -0.15) is 0 Å². The van der Waals surface area contributed by atoms with Gasteiger partial charge in [0, 0.05) is 18.6 Å². The Morgan fingerprint density at radius 1 is 1.38 bits per heavy atom. The Balaban J connectivity index is 2.73. The van der Waals surface area contributed by atoms with Crippen LogP contribution in [0.2, 0.25) is 0 Å². The smallest absolute Gasteiger partial charge is 0.173 e. The lowest BCUT2D eigenvalue weighted by atomic mass is 10.0. The first-order valence-corrected chi connectivity index (χ1v) is 4.31. The number of fused-ring (bicyclic) bond motifs is 1. The lowest BCUT2D eigenvalue weighted by Crippen LogP contribution is -1.97. The Kier molecular flexibility index (Phi) is 1.79. The van der Waals surface area contributed by atoms with Crippen LogP contribution in [-0.2, 0) is 0 Å². The summed E-state index contributed by atoms with van der Waals surface area (Å²) >= 11 is 0. The summed E-state index contributed by atoms with van der Waals surface area (Å²) in [5, 5.41) is 0. The first kappa shape index (κ1) is 8.23. The largest absolute Gasteiger partial charge is 0.305 e. The number of rotatable bonds is 1. The van der Waals surface area contributed by atoms with Gasteiger partial charge in [-0.15, -0.1) is 0 Å². The number of hydrogen-bond donors (Lipinski definition) is 0. The molecule has 0 saturated carbocycles. The molecule has 0 aromatic carbocycles. The molecule has 2 aromatic heterocycles. The van der Waals surface area contributed by atoms with E-state index < -0.39 is 0 Å². The quantitative estimate of drug-likeness (QED) is 0.656.